The second-order valence-corrected chi connectivity index (χ2v) is 9.81. The van der Waals surface area contributed by atoms with Crippen LogP contribution >= 0.6 is 0 Å². The summed E-state index contributed by atoms with van der Waals surface area (Å²) in [4.78, 5) is 11.9. The molecule has 0 aliphatic rings. The summed E-state index contributed by atoms with van der Waals surface area (Å²) in [6.45, 7) is -0.120. The van der Waals surface area contributed by atoms with E-state index >= 15 is 0 Å². The third kappa shape index (κ3) is 6.36. The van der Waals surface area contributed by atoms with Crippen LogP contribution < -0.4 is 20.5 Å². The summed E-state index contributed by atoms with van der Waals surface area (Å²) in [5.41, 5.74) is 1.47. The summed E-state index contributed by atoms with van der Waals surface area (Å²) >= 11 is 0. The van der Waals surface area contributed by atoms with E-state index in [4.69, 9.17) is 5.14 Å². The van der Waals surface area contributed by atoms with Gasteiger partial charge in [0.05, 0.1) is 9.79 Å². The van der Waals surface area contributed by atoms with Crippen molar-refractivity contribution in [1.82, 2.24) is 4.72 Å². The highest BCUT2D eigenvalue weighted by molar-refractivity contribution is 7.89. The second kappa shape index (κ2) is 9.27. The first-order chi connectivity index (χ1) is 14.6. The zero-order valence-corrected chi connectivity index (χ0v) is 17.8. The SMILES string of the molecule is NS(=O)(=O)c1cccc(CNS(=O)(=O)c2ccc(NC(=O)Nc3ccccc3)cc2)c1. The van der Waals surface area contributed by atoms with Crippen molar-refractivity contribution in [2.45, 2.75) is 16.3 Å². The lowest BCUT2D eigenvalue weighted by molar-refractivity contribution is 0.262. The molecule has 0 aliphatic heterocycles. The van der Waals surface area contributed by atoms with Crippen molar-refractivity contribution >= 4 is 37.5 Å². The number of carbonyl (C=O) groups is 1. The predicted molar refractivity (Wildman–Crippen MR) is 117 cm³/mol. The summed E-state index contributed by atoms with van der Waals surface area (Å²) in [6.07, 6.45) is 0. The highest BCUT2D eigenvalue weighted by Crippen LogP contribution is 2.16. The van der Waals surface area contributed by atoms with E-state index < -0.39 is 26.1 Å². The average Bonchev–Trinajstić information content (AvgIpc) is 2.73. The molecule has 0 radical (unpaired) electrons. The van der Waals surface area contributed by atoms with Crippen molar-refractivity contribution in [2.24, 2.45) is 5.14 Å². The fraction of sp³-hybridized carbons (Fsp3) is 0.0500. The molecule has 0 aromatic heterocycles. The summed E-state index contributed by atoms with van der Waals surface area (Å²) in [5, 5.41) is 10.4. The van der Waals surface area contributed by atoms with E-state index in [0.29, 0.717) is 16.9 Å². The highest BCUT2D eigenvalue weighted by atomic mass is 32.2. The van der Waals surface area contributed by atoms with E-state index in [-0.39, 0.29) is 16.3 Å². The maximum atomic E-state index is 12.5. The zero-order valence-electron chi connectivity index (χ0n) is 16.1. The number of hydrogen-bond acceptors (Lipinski definition) is 5. The number of rotatable bonds is 7. The normalized spacial score (nSPS) is 11.6. The van der Waals surface area contributed by atoms with Gasteiger partial charge in [-0.1, -0.05) is 30.3 Å². The number of para-hydroxylation sites is 1. The van der Waals surface area contributed by atoms with E-state index in [9.17, 15) is 21.6 Å². The van der Waals surface area contributed by atoms with Gasteiger partial charge in [-0.15, -0.1) is 0 Å². The topological polar surface area (TPSA) is 147 Å². The van der Waals surface area contributed by atoms with Crippen LogP contribution in [-0.4, -0.2) is 22.9 Å². The fourth-order valence-corrected chi connectivity index (χ4v) is 4.23. The van der Waals surface area contributed by atoms with Gasteiger partial charge < -0.3 is 10.6 Å². The van der Waals surface area contributed by atoms with Crippen LogP contribution in [0.1, 0.15) is 5.56 Å². The van der Waals surface area contributed by atoms with Crippen LogP contribution in [0.3, 0.4) is 0 Å². The Morgan fingerprint density at radius 3 is 1.97 bits per heavy atom. The molecule has 0 heterocycles. The van der Waals surface area contributed by atoms with E-state index in [1.807, 2.05) is 6.07 Å². The summed E-state index contributed by atoms with van der Waals surface area (Å²) in [6, 6.07) is 19.7. The van der Waals surface area contributed by atoms with Gasteiger partial charge in [0.25, 0.3) is 0 Å². The monoisotopic (exact) mass is 460 g/mol. The van der Waals surface area contributed by atoms with E-state index in [0.717, 1.165) is 0 Å². The molecule has 0 spiro atoms. The minimum Gasteiger partial charge on any atom is -0.308 e. The Labute approximate surface area is 180 Å². The Balaban J connectivity index is 1.62. The molecule has 3 rings (SSSR count). The lowest BCUT2D eigenvalue weighted by atomic mass is 10.2. The van der Waals surface area contributed by atoms with Crippen LogP contribution in [0.5, 0.6) is 0 Å². The van der Waals surface area contributed by atoms with Crippen molar-refractivity contribution < 1.29 is 21.6 Å². The van der Waals surface area contributed by atoms with Gasteiger partial charge in [0.15, 0.2) is 0 Å². The van der Waals surface area contributed by atoms with Crippen molar-refractivity contribution in [3.63, 3.8) is 0 Å². The van der Waals surface area contributed by atoms with Gasteiger partial charge in [-0.3, -0.25) is 0 Å². The predicted octanol–water partition coefficient (Wildman–Crippen LogP) is 2.46. The molecule has 162 valence electrons. The first kappa shape index (κ1) is 22.4. The van der Waals surface area contributed by atoms with Gasteiger partial charge in [0.2, 0.25) is 20.0 Å². The Kier molecular flexibility index (Phi) is 6.71. The molecule has 0 unspecified atom stereocenters. The summed E-state index contributed by atoms with van der Waals surface area (Å²) in [5.74, 6) is 0. The van der Waals surface area contributed by atoms with Crippen molar-refractivity contribution in [3.8, 4) is 0 Å². The number of nitrogens with one attached hydrogen (secondary N) is 3. The quantitative estimate of drug-likeness (QED) is 0.427. The molecule has 3 aromatic carbocycles. The second-order valence-electron chi connectivity index (χ2n) is 6.49. The fourth-order valence-electron chi connectivity index (χ4n) is 2.63. The molecule has 2 amide bonds. The number of sulfonamides is 2. The standard InChI is InChI=1S/C20H20N4O5S2/c21-30(26,27)19-8-4-5-15(13-19)14-22-31(28,29)18-11-9-17(10-12-18)24-20(25)23-16-6-2-1-3-7-16/h1-13,22H,14H2,(H2,21,26,27)(H2,23,24,25). The van der Waals surface area contributed by atoms with E-state index in [1.54, 1.807) is 30.3 Å². The molecule has 0 aliphatic carbocycles. The van der Waals surface area contributed by atoms with Gasteiger partial charge in [-0.25, -0.2) is 31.5 Å². The van der Waals surface area contributed by atoms with E-state index in [2.05, 4.69) is 15.4 Å². The number of amides is 2. The third-order valence-electron chi connectivity index (χ3n) is 4.15. The first-order valence-corrected chi connectivity index (χ1v) is 12.0. The molecule has 11 heteroatoms. The van der Waals surface area contributed by atoms with Crippen LogP contribution in [0.25, 0.3) is 0 Å². The number of nitrogens with two attached hydrogens (primary N) is 1. The Hall–Kier alpha value is -3.25. The Morgan fingerprint density at radius 2 is 1.35 bits per heavy atom. The van der Waals surface area contributed by atoms with Gasteiger partial charge in [-0.05, 0) is 54.1 Å². The number of urea groups is 1. The van der Waals surface area contributed by atoms with Crippen molar-refractivity contribution in [2.75, 3.05) is 10.6 Å². The molecule has 0 bridgehead atoms. The zero-order chi connectivity index (χ0) is 22.5. The van der Waals surface area contributed by atoms with Crippen LogP contribution in [0.2, 0.25) is 0 Å². The van der Waals surface area contributed by atoms with Crippen molar-refractivity contribution in [3.05, 3.63) is 84.4 Å². The third-order valence-corrected chi connectivity index (χ3v) is 6.48. The molecule has 0 saturated carbocycles. The maximum Gasteiger partial charge on any atom is 0.323 e. The molecule has 3 aromatic rings. The van der Waals surface area contributed by atoms with Gasteiger partial charge in [0.1, 0.15) is 0 Å². The molecule has 31 heavy (non-hydrogen) atoms. The summed E-state index contributed by atoms with van der Waals surface area (Å²) in [7, 11) is -7.74. The molecular weight excluding hydrogens is 440 g/mol. The number of primary sulfonamides is 1. The highest BCUT2D eigenvalue weighted by Gasteiger charge is 2.15. The van der Waals surface area contributed by atoms with E-state index in [1.165, 1.54) is 42.5 Å². The number of benzene rings is 3. The van der Waals surface area contributed by atoms with Crippen molar-refractivity contribution in [1.29, 1.82) is 0 Å². The molecule has 0 fully saturated rings. The van der Waals surface area contributed by atoms with Crippen LogP contribution in [-0.2, 0) is 26.6 Å². The molecular formula is C20H20N4O5S2. The molecule has 0 saturated heterocycles. The van der Waals surface area contributed by atoms with Gasteiger partial charge in [0, 0.05) is 17.9 Å². The van der Waals surface area contributed by atoms with Crippen LogP contribution in [0.15, 0.2) is 88.7 Å². The van der Waals surface area contributed by atoms with Gasteiger partial charge >= 0.3 is 6.03 Å². The molecule has 0 atom stereocenters. The smallest absolute Gasteiger partial charge is 0.308 e. The number of carbonyl (C=O) groups excluding carboxylic acids is 1. The lowest BCUT2D eigenvalue weighted by Crippen LogP contribution is -2.23. The minimum atomic E-state index is -3.88. The lowest BCUT2D eigenvalue weighted by Gasteiger charge is -2.10. The summed E-state index contributed by atoms with van der Waals surface area (Å²) < 4.78 is 50.3. The number of hydrogen-bond donors (Lipinski definition) is 4. The molecule has 5 N–H and O–H groups in total. The number of anilines is 2. The Bertz CT molecular complexity index is 1280. The largest absolute Gasteiger partial charge is 0.323 e. The first-order valence-electron chi connectivity index (χ1n) is 8.98. The minimum absolute atomic E-state index is 0.0101. The average molecular weight is 461 g/mol. The van der Waals surface area contributed by atoms with Crippen LogP contribution in [0.4, 0.5) is 16.2 Å². The maximum absolute atomic E-state index is 12.5. The molecule has 9 nitrogen and oxygen atoms in total. The Morgan fingerprint density at radius 1 is 0.742 bits per heavy atom. The van der Waals surface area contributed by atoms with Crippen LogP contribution in [0, 0.1) is 0 Å². The van der Waals surface area contributed by atoms with Gasteiger partial charge in [-0.2, -0.15) is 0 Å².